The molecule has 4 heteroatoms. The standard InChI is InChI=1S/C12H12FN3/c1-8-7-15-12(14-2)16-11(8)9-3-5-10(13)6-4-9/h3-7H,1-2H3,(H,14,15,16). The molecule has 0 aliphatic carbocycles. The van der Waals surface area contributed by atoms with Gasteiger partial charge in [0, 0.05) is 18.8 Å². The summed E-state index contributed by atoms with van der Waals surface area (Å²) in [6.07, 6.45) is 1.75. The molecule has 0 aliphatic heterocycles. The Morgan fingerprint density at radius 2 is 1.88 bits per heavy atom. The van der Waals surface area contributed by atoms with Crippen LogP contribution in [-0.2, 0) is 0 Å². The first-order chi connectivity index (χ1) is 7.70. The van der Waals surface area contributed by atoms with E-state index in [1.807, 2.05) is 6.92 Å². The van der Waals surface area contributed by atoms with Gasteiger partial charge in [0.05, 0.1) is 5.69 Å². The van der Waals surface area contributed by atoms with Gasteiger partial charge in [0.1, 0.15) is 5.82 Å². The lowest BCUT2D eigenvalue weighted by Crippen LogP contribution is -1.99. The zero-order chi connectivity index (χ0) is 11.5. The summed E-state index contributed by atoms with van der Waals surface area (Å²) in [6, 6.07) is 6.28. The molecule has 2 aromatic rings. The van der Waals surface area contributed by atoms with E-state index in [0.717, 1.165) is 16.8 Å². The number of anilines is 1. The molecule has 1 aromatic carbocycles. The number of nitrogens with one attached hydrogen (secondary N) is 1. The van der Waals surface area contributed by atoms with Crippen molar-refractivity contribution in [3.8, 4) is 11.3 Å². The lowest BCUT2D eigenvalue weighted by molar-refractivity contribution is 0.628. The van der Waals surface area contributed by atoms with Crippen LogP contribution in [0, 0.1) is 12.7 Å². The minimum absolute atomic E-state index is 0.246. The summed E-state index contributed by atoms with van der Waals surface area (Å²) in [7, 11) is 1.76. The average Bonchev–Trinajstić information content (AvgIpc) is 2.31. The number of aromatic nitrogens is 2. The summed E-state index contributed by atoms with van der Waals surface area (Å²) in [6.45, 7) is 1.93. The second-order valence-electron chi connectivity index (χ2n) is 3.48. The minimum atomic E-state index is -0.246. The smallest absolute Gasteiger partial charge is 0.222 e. The Morgan fingerprint density at radius 3 is 2.50 bits per heavy atom. The van der Waals surface area contributed by atoms with Gasteiger partial charge < -0.3 is 5.32 Å². The topological polar surface area (TPSA) is 37.8 Å². The van der Waals surface area contributed by atoms with Crippen LogP contribution in [0.25, 0.3) is 11.3 Å². The molecule has 1 N–H and O–H groups in total. The molecule has 3 nitrogen and oxygen atoms in total. The molecule has 0 spiro atoms. The fourth-order valence-electron chi connectivity index (χ4n) is 1.46. The van der Waals surface area contributed by atoms with Crippen LogP contribution in [0.2, 0.25) is 0 Å². The lowest BCUT2D eigenvalue weighted by Gasteiger charge is -2.06. The van der Waals surface area contributed by atoms with Crippen molar-refractivity contribution in [2.75, 3.05) is 12.4 Å². The summed E-state index contributed by atoms with van der Waals surface area (Å²) in [4.78, 5) is 8.45. The number of nitrogens with zero attached hydrogens (tertiary/aromatic N) is 2. The second kappa shape index (κ2) is 4.26. The summed E-state index contributed by atoms with van der Waals surface area (Å²) in [5.41, 5.74) is 2.67. The fourth-order valence-corrected chi connectivity index (χ4v) is 1.46. The molecule has 1 heterocycles. The maximum Gasteiger partial charge on any atom is 0.222 e. The second-order valence-corrected chi connectivity index (χ2v) is 3.48. The van der Waals surface area contributed by atoms with E-state index in [0.29, 0.717) is 5.95 Å². The summed E-state index contributed by atoms with van der Waals surface area (Å²) in [5.74, 6) is 0.314. The van der Waals surface area contributed by atoms with Crippen molar-refractivity contribution in [2.24, 2.45) is 0 Å². The molecule has 0 aliphatic rings. The summed E-state index contributed by atoms with van der Waals surface area (Å²) >= 11 is 0. The minimum Gasteiger partial charge on any atom is -0.357 e. The first kappa shape index (κ1) is 10.5. The van der Waals surface area contributed by atoms with Crippen LogP contribution < -0.4 is 5.32 Å². The summed E-state index contributed by atoms with van der Waals surface area (Å²) in [5, 5.41) is 2.88. The highest BCUT2D eigenvalue weighted by Gasteiger charge is 2.05. The van der Waals surface area contributed by atoms with Crippen LogP contribution >= 0.6 is 0 Å². The number of hydrogen-bond donors (Lipinski definition) is 1. The predicted octanol–water partition coefficient (Wildman–Crippen LogP) is 2.63. The molecule has 0 radical (unpaired) electrons. The van der Waals surface area contributed by atoms with Gasteiger partial charge in [-0.3, -0.25) is 0 Å². The van der Waals surface area contributed by atoms with Gasteiger partial charge in [-0.2, -0.15) is 0 Å². The Balaban J connectivity index is 2.50. The quantitative estimate of drug-likeness (QED) is 0.840. The highest BCUT2D eigenvalue weighted by molar-refractivity contribution is 5.63. The Hall–Kier alpha value is -1.97. The first-order valence-corrected chi connectivity index (χ1v) is 4.98. The van der Waals surface area contributed by atoms with Crippen LogP contribution in [0.5, 0.6) is 0 Å². The molecule has 0 amide bonds. The number of halogens is 1. The predicted molar refractivity (Wildman–Crippen MR) is 61.7 cm³/mol. The van der Waals surface area contributed by atoms with Gasteiger partial charge in [-0.1, -0.05) is 0 Å². The molecular formula is C12H12FN3. The van der Waals surface area contributed by atoms with E-state index in [1.54, 1.807) is 25.4 Å². The van der Waals surface area contributed by atoms with E-state index in [4.69, 9.17) is 0 Å². The number of rotatable bonds is 2. The van der Waals surface area contributed by atoms with Gasteiger partial charge in [0.25, 0.3) is 0 Å². The van der Waals surface area contributed by atoms with Crippen molar-refractivity contribution in [3.05, 3.63) is 41.8 Å². The largest absolute Gasteiger partial charge is 0.357 e. The average molecular weight is 217 g/mol. The third kappa shape index (κ3) is 2.00. The molecule has 0 saturated heterocycles. The van der Waals surface area contributed by atoms with Gasteiger partial charge in [0.15, 0.2) is 0 Å². The van der Waals surface area contributed by atoms with Crippen LogP contribution in [0.3, 0.4) is 0 Å². The molecule has 0 fully saturated rings. The van der Waals surface area contributed by atoms with Crippen molar-refractivity contribution in [2.45, 2.75) is 6.92 Å². The molecule has 16 heavy (non-hydrogen) atoms. The monoisotopic (exact) mass is 217 g/mol. The molecule has 1 aromatic heterocycles. The zero-order valence-corrected chi connectivity index (χ0v) is 9.16. The SMILES string of the molecule is CNc1ncc(C)c(-c2ccc(F)cc2)n1. The highest BCUT2D eigenvalue weighted by atomic mass is 19.1. The van der Waals surface area contributed by atoms with E-state index in [1.165, 1.54) is 12.1 Å². The van der Waals surface area contributed by atoms with Crippen LogP contribution in [0.15, 0.2) is 30.5 Å². The molecule has 0 saturated carbocycles. The third-order valence-electron chi connectivity index (χ3n) is 2.31. The van der Waals surface area contributed by atoms with Crippen molar-refractivity contribution < 1.29 is 4.39 Å². The number of hydrogen-bond acceptors (Lipinski definition) is 3. The van der Waals surface area contributed by atoms with Crippen molar-refractivity contribution in [1.82, 2.24) is 9.97 Å². The summed E-state index contributed by atoms with van der Waals surface area (Å²) < 4.78 is 12.8. The van der Waals surface area contributed by atoms with Gasteiger partial charge in [0.2, 0.25) is 5.95 Å². The lowest BCUT2D eigenvalue weighted by atomic mass is 10.1. The van der Waals surface area contributed by atoms with Crippen molar-refractivity contribution in [1.29, 1.82) is 0 Å². The van der Waals surface area contributed by atoms with Crippen LogP contribution in [-0.4, -0.2) is 17.0 Å². The third-order valence-corrected chi connectivity index (χ3v) is 2.31. The number of aryl methyl sites for hydroxylation is 1. The maximum absolute atomic E-state index is 12.8. The Labute approximate surface area is 93.4 Å². The molecule has 82 valence electrons. The maximum atomic E-state index is 12.8. The van der Waals surface area contributed by atoms with E-state index >= 15 is 0 Å². The van der Waals surface area contributed by atoms with Gasteiger partial charge >= 0.3 is 0 Å². The zero-order valence-electron chi connectivity index (χ0n) is 9.16. The number of benzene rings is 1. The normalized spacial score (nSPS) is 10.2. The van der Waals surface area contributed by atoms with Gasteiger partial charge in [-0.05, 0) is 36.8 Å². The van der Waals surface area contributed by atoms with E-state index in [9.17, 15) is 4.39 Å². The van der Waals surface area contributed by atoms with Crippen LogP contribution in [0.4, 0.5) is 10.3 Å². The first-order valence-electron chi connectivity index (χ1n) is 4.98. The molecule has 2 rings (SSSR count). The Morgan fingerprint density at radius 1 is 1.19 bits per heavy atom. The van der Waals surface area contributed by atoms with E-state index < -0.39 is 0 Å². The van der Waals surface area contributed by atoms with Gasteiger partial charge in [-0.15, -0.1) is 0 Å². The highest BCUT2D eigenvalue weighted by Crippen LogP contribution is 2.21. The fraction of sp³-hybridized carbons (Fsp3) is 0.167. The van der Waals surface area contributed by atoms with Gasteiger partial charge in [-0.25, -0.2) is 14.4 Å². The van der Waals surface area contributed by atoms with E-state index in [2.05, 4.69) is 15.3 Å². The van der Waals surface area contributed by atoms with E-state index in [-0.39, 0.29) is 5.82 Å². The Kier molecular flexibility index (Phi) is 2.81. The Bertz CT molecular complexity index is 494. The molecular weight excluding hydrogens is 205 g/mol. The molecule has 0 bridgehead atoms. The van der Waals surface area contributed by atoms with Crippen LogP contribution in [0.1, 0.15) is 5.56 Å². The van der Waals surface area contributed by atoms with Crippen molar-refractivity contribution >= 4 is 5.95 Å². The molecule has 0 atom stereocenters. The molecule has 0 unspecified atom stereocenters. The van der Waals surface area contributed by atoms with Crippen molar-refractivity contribution in [3.63, 3.8) is 0 Å².